The standard InChI is InChI=1S/C13H20N2O6S2/c1-13(2)10(15-8(16)6-9(15)23(13,20)21)11(17)14-7(12(18)19)4-5-22-3/h7,9-10H,4-6H2,1-3H3,(H,14,17)(H,18,19)/t7-,9-,10-/m0/s1. The number of rotatable bonds is 6. The van der Waals surface area contributed by atoms with Crippen molar-refractivity contribution >= 4 is 39.4 Å². The summed E-state index contributed by atoms with van der Waals surface area (Å²) in [7, 11) is -3.67. The van der Waals surface area contributed by atoms with Crippen LogP contribution in [0.5, 0.6) is 0 Å². The molecule has 0 aliphatic carbocycles. The molecule has 8 nitrogen and oxygen atoms in total. The Morgan fingerprint density at radius 1 is 1.48 bits per heavy atom. The lowest BCUT2D eigenvalue weighted by Gasteiger charge is -2.37. The summed E-state index contributed by atoms with van der Waals surface area (Å²) in [4.78, 5) is 36.6. The molecule has 3 atom stereocenters. The van der Waals surface area contributed by atoms with E-state index >= 15 is 0 Å². The predicted molar refractivity (Wildman–Crippen MR) is 84.6 cm³/mol. The second-order valence-corrected chi connectivity index (χ2v) is 9.86. The van der Waals surface area contributed by atoms with Crippen LogP contribution in [0.25, 0.3) is 0 Å². The topological polar surface area (TPSA) is 121 Å². The summed E-state index contributed by atoms with van der Waals surface area (Å²) in [6.45, 7) is 2.80. The average Bonchev–Trinajstić information content (AvgIpc) is 2.56. The number of hydrogen-bond acceptors (Lipinski definition) is 6. The van der Waals surface area contributed by atoms with Gasteiger partial charge in [-0.05, 0) is 32.3 Å². The van der Waals surface area contributed by atoms with Crippen molar-refractivity contribution in [2.75, 3.05) is 12.0 Å². The normalized spacial score (nSPS) is 28.7. The lowest BCUT2D eigenvalue weighted by atomic mass is 9.97. The Bertz CT molecular complexity index is 645. The first-order valence-electron chi connectivity index (χ1n) is 7.12. The number of thioether (sulfide) groups is 1. The molecular weight excluding hydrogens is 344 g/mol. The largest absolute Gasteiger partial charge is 0.480 e. The number of fused-ring (bicyclic) bond motifs is 1. The molecular formula is C13H20N2O6S2. The predicted octanol–water partition coefficient (Wildman–Crippen LogP) is -0.557. The molecule has 0 aromatic carbocycles. The van der Waals surface area contributed by atoms with Crippen molar-refractivity contribution < 1.29 is 27.9 Å². The number of nitrogens with zero attached hydrogens (tertiary/aromatic N) is 1. The van der Waals surface area contributed by atoms with E-state index in [2.05, 4.69) is 5.32 Å². The van der Waals surface area contributed by atoms with Gasteiger partial charge in [0, 0.05) is 0 Å². The van der Waals surface area contributed by atoms with Crippen LogP contribution in [-0.4, -0.2) is 70.4 Å². The maximum Gasteiger partial charge on any atom is 0.326 e. The van der Waals surface area contributed by atoms with Gasteiger partial charge in [0.2, 0.25) is 11.8 Å². The molecule has 0 saturated carbocycles. The molecule has 23 heavy (non-hydrogen) atoms. The number of sulfone groups is 1. The minimum absolute atomic E-state index is 0.121. The van der Waals surface area contributed by atoms with E-state index in [-0.39, 0.29) is 12.8 Å². The van der Waals surface area contributed by atoms with E-state index in [0.29, 0.717) is 5.75 Å². The first-order valence-corrected chi connectivity index (χ1v) is 10.1. The molecule has 0 aromatic heterocycles. The SMILES string of the molecule is CSCC[C@H](NC(=O)[C@@H]1N2C(=O)C[C@@H]2S(=O)(=O)C1(C)C)C(=O)O. The highest BCUT2D eigenvalue weighted by molar-refractivity contribution is 7.98. The summed E-state index contributed by atoms with van der Waals surface area (Å²) >= 11 is 1.44. The Balaban J connectivity index is 2.24. The number of amides is 2. The van der Waals surface area contributed by atoms with Crippen LogP contribution in [-0.2, 0) is 24.2 Å². The summed E-state index contributed by atoms with van der Waals surface area (Å²) in [5.74, 6) is -1.78. The fraction of sp³-hybridized carbons (Fsp3) is 0.769. The van der Waals surface area contributed by atoms with Gasteiger partial charge in [0.05, 0.1) is 11.2 Å². The smallest absolute Gasteiger partial charge is 0.326 e. The van der Waals surface area contributed by atoms with Gasteiger partial charge in [-0.3, -0.25) is 9.59 Å². The van der Waals surface area contributed by atoms with Gasteiger partial charge in [-0.1, -0.05) is 0 Å². The highest BCUT2D eigenvalue weighted by atomic mass is 32.2. The molecule has 130 valence electrons. The number of carbonyl (C=O) groups is 3. The molecule has 2 fully saturated rings. The maximum atomic E-state index is 12.5. The van der Waals surface area contributed by atoms with Crippen LogP contribution >= 0.6 is 11.8 Å². The fourth-order valence-corrected chi connectivity index (χ4v) is 5.60. The molecule has 2 heterocycles. The first kappa shape index (κ1) is 18.1. The lowest BCUT2D eigenvalue weighted by Crippen LogP contribution is -2.61. The van der Waals surface area contributed by atoms with Crippen molar-refractivity contribution in [2.45, 2.75) is 48.9 Å². The van der Waals surface area contributed by atoms with Crippen LogP contribution < -0.4 is 5.32 Å². The van der Waals surface area contributed by atoms with Crippen LogP contribution in [0.15, 0.2) is 0 Å². The Labute approximate surface area is 138 Å². The van der Waals surface area contributed by atoms with Crippen molar-refractivity contribution in [3.63, 3.8) is 0 Å². The van der Waals surface area contributed by atoms with E-state index in [1.807, 2.05) is 6.26 Å². The second kappa shape index (κ2) is 5.97. The molecule has 0 aromatic rings. The van der Waals surface area contributed by atoms with E-state index in [1.165, 1.54) is 25.6 Å². The van der Waals surface area contributed by atoms with Gasteiger partial charge < -0.3 is 15.3 Å². The van der Waals surface area contributed by atoms with Crippen molar-refractivity contribution in [2.24, 2.45) is 0 Å². The molecule has 2 saturated heterocycles. The zero-order chi connectivity index (χ0) is 17.6. The van der Waals surface area contributed by atoms with Gasteiger partial charge in [0.1, 0.15) is 17.5 Å². The molecule has 10 heteroatoms. The quantitative estimate of drug-likeness (QED) is 0.606. The molecule has 2 N–H and O–H groups in total. The molecule has 0 unspecified atom stereocenters. The van der Waals surface area contributed by atoms with Crippen molar-refractivity contribution in [1.29, 1.82) is 0 Å². The Morgan fingerprint density at radius 3 is 2.57 bits per heavy atom. The number of β-lactam (4-membered cyclic amide) rings is 1. The van der Waals surface area contributed by atoms with E-state index in [0.717, 1.165) is 4.90 Å². The van der Waals surface area contributed by atoms with Crippen molar-refractivity contribution in [3.05, 3.63) is 0 Å². The number of carboxylic acid groups (broad SMARTS) is 1. The highest BCUT2D eigenvalue weighted by Gasteiger charge is 2.67. The third-order valence-electron chi connectivity index (χ3n) is 4.45. The molecule has 0 spiro atoms. The molecule has 2 rings (SSSR count). The molecule has 0 radical (unpaired) electrons. The summed E-state index contributed by atoms with van der Waals surface area (Å²) in [6, 6.07) is -2.31. The van der Waals surface area contributed by atoms with E-state index in [4.69, 9.17) is 0 Å². The third kappa shape index (κ3) is 2.71. The summed E-state index contributed by atoms with van der Waals surface area (Å²) in [5.41, 5.74) is 0. The summed E-state index contributed by atoms with van der Waals surface area (Å²) in [6.07, 6.45) is 1.92. The first-order chi connectivity index (χ1) is 10.6. The van der Waals surface area contributed by atoms with E-state index in [9.17, 15) is 27.9 Å². The maximum absolute atomic E-state index is 12.5. The van der Waals surface area contributed by atoms with Gasteiger partial charge in [-0.25, -0.2) is 13.2 Å². The number of carbonyl (C=O) groups excluding carboxylic acids is 2. The van der Waals surface area contributed by atoms with Gasteiger partial charge in [0.25, 0.3) is 0 Å². The average molecular weight is 364 g/mol. The highest BCUT2D eigenvalue weighted by Crippen LogP contribution is 2.45. The van der Waals surface area contributed by atoms with Crippen LogP contribution in [0.2, 0.25) is 0 Å². The fourth-order valence-electron chi connectivity index (χ4n) is 3.00. The minimum atomic E-state index is -3.67. The van der Waals surface area contributed by atoms with E-state index < -0.39 is 49.8 Å². The van der Waals surface area contributed by atoms with Crippen LogP contribution in [0, 0.1) is 0 Å². The third-order valence-corrected chi connectivity index (χ3v) is 7.89. The number of carboxylic acids is 1. The number of hydrogen-bond donors (Lipinski definition) is 2. The molecule has 2 amide bonds. The van der Waals surface area contributed by atoms with Crippen LogP contribution in [0.4, 0.5) is 0 Å². The van der Waals surface area contributed by atoms with Crippen molar-refractivity contribution in [3.8, 4) is 0 Å². The Hall–Kier alpha value is -1.29. The number of aliphatic carboxylic acids is 1. The zero-order valence-corrected chi connectivity index (χ0v) is 14.7. The van der Waals surface area contributed by atoms with Gasteiger partial charge >= 0.3 is 5.97 Å². The zero-order valence-electron chi connectivity index (χ0n) is 13.1. The molecule has 2 aliphatic heterocycles. The Kier molecular flexibility index (Phi) is 4.69. The minimum Gasteiger partial charge on any atom is -0.480 e. The van der Waals surface area contributed by atoms with Gasteiger partial charge in [-0.15, -0.1) is 0 Å². The van der Waals surface area contributed by atoms with Crippen LogP contribution in [0.3, 0.4) is 0 Å². The van der Waals surface area contributed by atoms with Gasteiger partial charge in [0.15, 0.2) is 9.84 Å². The van der Waals surface area contributed by atoms with E-state index in [1.54, 1.807) is 0 Å². The van der Waals surface area contributed by atoms with Crippen molar-refractivity contribution in [1.82, 2.24) is 10.2 Å². The number of nitrogens with one attached hydrogen (secondary N) is 1. The molecule has 0 bridgehead atoms. The second-order valence-electron chi connectivity index (χ2n) is 6.19. The molecule has 2 aliphatic rings. The van der Waals surface area contributed by atoms with Crippen LogP contribution in [0.1, 0.15) is 26.7 Å². The lowest BCUT2D eigenvalue weighted by molar-refractivity contribution is -0.151. The summed E-state index contributed by atoms with van der Waals surface area (Å²) < 4.78 is 23.4. The summed E-state index contributed by atoms with van der Waals surface area (Å²) in [5, 5.41) is 10.6. The monoisotopic (exact) mass is 364 g/mol. The van der Waals surface area contributed by atoms with Gasteiger partial charge in [-0.2, -0.15) is 11.8 Å². The Morgan fingerprint density at radius 2 is 2.09 bits per heavy atom.